The number of benzene rings is 1. The van der Waals surface area contributed by atoms with Crippen LogP contribution < -0.4 is 4.90 Å². The van der Waals surface area contributed by atoms with Crippen molar-refractivity contribution in [3.63, 3.8) is 0 Å². The van der Waals surface area contributed by atoms with Gasteiger partial charge < -0.3 is 4.90 Å². The minimum Gasteiger partial charge on any atom is -0.356 e. The van der Waals surface area contributed by atoms with E-state index in [4.69, 9.17) is 5.26 Å². The summed E-state index contributed by atoms with van der Waals surface area (Å²) in [5, 5.41) is 10.0. The number of pyridine rings is 1. The lowest BCUT2D eigenvalue weighted by molar-refractivity contribution is 0.999. The molecule has 0 saturated heterocycles. The molecule has 0 aliphatic carbocycles. The van der Waals surface area contributed by atoms with Crippen molar-refractivity contribution in [3.05, 3.63) is 48.6 Å². The molecule has 0 fully saturated rings. The van der Waals surface area contributed by atoms with Gasteiger partial charge in [0.2, 0.25) is 0 Å². The van der Waals surface area contributed by atoms with E-state index in [-0.39, 0.29) is 0 Å². The second-order valence-corrected chi connectivity index (χ2v) is 3.83. The normalized spacial score (nSPS) is 9.88. The zero-order valence-electron chi connectivity index (χ0n) is 9.72. The highest BCUT2D eigenvalue weighted by Gasteiger charge is 2.07. The molecular weight excluding hydrogens is 210 g/mol. The van der Waals surface area contributed by atoms with Crippen molar-refractivity contribution in [1.82, 2.24) is 4.98 Å². The van der Waals surface area contributed by atoms with Crippen molar-refractivity contribution in [3.8, 4) is 6.07 Å². The number of likely N-dealkylation sites (N-methyl/N-ethyl adjacent to an activating group) is 1. The summed E-state index contributed by atoms with van der Waals surface area (Å²) < 4.78 is 0. The summed E-state index contributed by atoms with van der Waals surface area (Å²) in [6, 6.07) is 11.7. The van der Waals surface area contributed by atoms with E-state index >= 15 is 0 Å². The fraction of sp³-hybridized carbons (Fsp3) is 0.143. The molecule has 1 heterocycles. The minimum absolute atomic E-state index is 0.654. The van der Waals surface area contributed by atoms with Crippen molar-refractivity contribution in [2.24, 2.45) is 0 Å². The Kier molecular flexibility index (Phi) is 3.06. The average molecular weight is 223 g/mol. The van der Waals surface area contributed by atoms with Gasteiger partial charge in [0, 0.05) is 19.0 Å². The Labute approximate surface area is 101 Å². The van der Waals surface area contributed by atoms with E-state index in [1.165, 1.54) is 0 Å². The fourth-order valence-corrected chi connectivity index (χ4v) is 1.74. The van der Waals surface area contributed by atoms with E-state index in [1.54, 1.807) is 0 Å². The van der Waals surface area contributed by atoms with Gasteiger partial charge in [-0.1, -0.05) is 24.3 Å². The lowest BCUT2D eigenvalue weighted by Gasteiger charge is -2.16. The standard InChI is InChI=1S/C14H13N3/c1-3-8-17(2)14-9-11(10-15)12-6-4-5-7-13(12)16-14/h3-7,9H,1,8H2,2H3. The Morgan fingerprint density at radius 3 is 2.94 bits per heavy atom. The average Bonchev–Trinajstić information content (AvgIpc) is 2.37. The molecular formula is C14H13N3. The molecule has 0 aliphatic heterocycles. The van der Waals surface area contributed by atoms with Crippen LogP contribution in [0, 0.1) is 11.3 Å². The van der Waals surface area contributed by atoms with Crippen LogP contribution in [0.5, 0.6) is 0 Å². The van der Waals surface area contributed by atoms with Crippen LogP contribution in [0.3, 0.4) is 0 Å². The monoisotopic (exact) mass is 223 g/mol. The van der Waals surface area contributed by atoms with Gasteiger partial charge in [0.15, 0.2) is 0 Å². The quantitative estimate of drug-likeness (QED) is 0.751. The molecule has 0 N–H and O–H groups in total. The van der Waals surface area contributed by atoms with E-state index in [1.807, 2.05) is 48.4 Å². The SMILES string of the molecule is C=CCN(C)c1cc(C#N)c2ccccc2n1. The molecule has 2 rings (SSSR count). The molecule has 0 bridgehead atoms. The number of rotatable bonds is 3. The Balaban J connectivity index is 2.61. The van der Waals surface area contributed by atoms with Gasteiger partial charge in [0.25, 0.3) is 0 Å². The number of nitriles is 1. The van der Waals surface area contributed by atoms with Crippen LogP contribution in [0.25, 0.3) is 10.9 Å². The molecule has 0 aliphatic rings. The minimum atomic E-state index is 0.654. The number of para-hydroxylation sites is 1. The van der Waals surface area contributed by atoms with E-state index in [0.29, 0.717) is 12.1 Å². The van der Waals surface area contributed by atoms with Crippen LogP contribution in [-0.2, 0) is 0 Å². The topological polar surface area (TPSA) is 39.9 Å². The van der Waals surface area contributed by atoms with Gasteiger partial charge in [-0.05, 0) is 12.1 Å². The molecule has 17 heavy (non-hydrogen) atoms. The number of nitrogens with zero attached hydrogens (tertiary/aromatic N) is 3. The van der Waals surface area contributed by atoms with E-state index < -0.39 is 0 Å². The highest BCUT2D eigenvalue weighted by molar-refractivity contribution is 5.86. The lowest BCUT2D eigenvalue weighted by Crippen LogP contribution is -2.18. The third kappa shape index (κ3) is 2.11. The molecule has 3 heteroatoms. The Morgan fingerprint density at radius 2 is 2.24 bits per heavy atom. The fourth-order valence-electron chi connectivity index (χ4n) is 1.74. The number of anilines is 1. The smallest absolute Gasteiger partial charge is 0.130 e. The predicted molar refractivity (Wildman–Crippen MR) is 69.9 cm³/mol. The first kappa shape index (κ1) is 11.2. The summed E-state index contributed by atoms with van der Waals surface area (Å²) in [5.41, 5.74) is 1.50. The van der Waals surface area contributed by atoms with Crippen LogP contribution in [0.2, 0.25) is 0 Å². The molecule has 0 saturated carbocycles. The maximum Gasteiger partial charge on any atom is 0.130 e. The molecule has 0 atom stereocenters. The van der Waals surface area contributed by atoms with Crippen molar-refractivity contribution in [2.75, 3.05) is 18.5 Å². The Hall–Kier alpha value is -2.34. The van der Waals surface area contributed by atoms with Crippen molar-refractivity contribution in [2.45, 2.75) is 0 Å². The van der Waals surface area contributed by atoms with Crippen LogP contribution in [-0.4, -0.2) is 18.6 Å². The summed E-state index contributed by atoms with van der Waals surface area (Å²) in [5.74, 6) is 0.792. The van der Waals surface area contributed by atoms with Gasteiger partial charge in [-0.25, -0.2) is 4.98 Å². The molecule has 84 valence electrons. The number of fused-ring (bicyclic) bond motifs is 1. The van der Waals surface area contributed by atoms with Crippen LogP contribution >= 0.6 is 0 Å². The maximum atomic E-state index is 9.16. The predicted octanol–water partition coefficient (Wildman–Crippen LogP) is 2.73. The second-order valence-electron chi connectivity index (χ2n) is 3.83. The molecule has 1 aromatic heterocycles. The maximum absolute atomic E-state index is 9.16. The summed E-state index contributed by atoms with van der Waals surface area (Å²) >= 11 is 0. The molecule has 0 spiro atoms. The van der Waals surface area contributed by atoms with Gasteiger partial charge in [0.1, 0.15) is 5.82 Å². The van der Waals surface area contributed by atoms with Crippen molar-refractivity contribution >= 4 is 16.7 Å². The third-order valence-corrected chi connectivity index (χ3v) is 2.62. The van der Waals surface area contributed by atoms with Crippen molar-refractivity contribution in [1.29, 1.82) is 5.26 Å². The molecule has 0 amide bonds. The first-order valence-corrected chi connectivity index (χ1v) is 5.38. The van der Waals surface area contributed by atoms with Gasteiger partial charge >= 0.3 is 0 Å². The first-order valence-electron chi connectivity index (χ1n) is 5.38. The first-order chi connectivity index (χ1) is 8.26. The summed E-state index contributed by atoms with van der Waals surface area (Å²) in [4.78, 5) is 6.49. The zero-order valence-corrected chi connectivity index (χ0v) is 9.72. The van der Waals surface area contributed by atoms with Gasteiger partial charge in [-0.2, -0.15) is 5.26 Å². The van der Waals surface area contributed by atoms with Crippen LogP contribution in [0.15, 0.2) is 43.0 Å². The van der Waals surface area contributed by atoms with Crippen LogP contribution in [0.4, 0.5) is 5.82 Å². The second kappa shape index (κ2) is 4.67. The summed E-state index contributed by atoms with van der Waals surface area (Å²) in [7, 11) is 1.93. The zero-order chi connectivity index (χ0) is 12.3. The lowest BCUT2D eigenvalue weighted by atomic mass is 10.1. The van der Waals surface area contributed by atoms with Gasteiger partial charge in [0.05, 0.1) is 17.1 Å². The molecule has 3 nitrogen and oxygen atoms in total. The number of aromatic nitrogens is 1. The largest absolute Gasteiger partial charge is 0.356 e. The molecule has 0 radical (unpaired) electrons. The summed E-state index contributed by atoms with van der Waals surface area (Å²) in [6.45, 7) is 4.40. The molecule has 2 aromatic rings. The highest BCUT2D eigenvalue weighted by atomic mass is 15.2. The van der Waals surface area contributed by atoms with E-state index in [0.717, 1.165) is 16.7 Å². The van der Waals surface area contributed by atoms with Gasteiger partial charge in [-0.3, -0.25) is 0 Å². The van der Waals surface area contributed by atoms with Gasteiger partial charge in [-0.15, -0.1) is 6.58 Å². The Morgan fingerprint density at radius 1 is 1.47 bits per heavy atom. The Bertz CT molecular complexity index is 596. The third-order valence-electron chi connectivity index (χ3n) is 2.62. The number of hydrogen-bond donors (Lipinski definition) is 0. The van der Waals surface area contributed by atoms with E-state index in [9.17, 15) is 0 Å². The number of hydrogen-bond acceptors (Lipinski definition) is 3. The molecule has 1 aromatic carbocycles. The van der Waals surface area contributed by atoms with E-state index in [2.05, 4.69) is 17.6 Å². The summed E-state index contributed by atoms with van der Waals surface area (Å²) in [6.07, 6.45) is 1.81. The van der Waals surface area contributed by atoms with Crippen LogP contribution in [0.1, 0.15) is 5.56 Å². The highest BCUT2D eigenvalue weighted by Crippen LogP contribution is 2.21. The van der Waals surface area contributed by atoms with Crippen molar-refractivity contribution < 1.29 is 0 Å². The molecule has 0 unspecified atom stereocenters.